The van der Waals surface area contributed by atoms with Gasteiger partial charge in [-0.2, -0.15) is 0 Å². The summed E-state index contributed by atoms with van der Waals surface area (Å²) in [6, 6.07) is -0.0258. The molecule has 0 aromatic rings. The highest BCUT2D eigenvalue weighted by molar-refractivity contribution is 5.87. The molecule has 3 aliphatic rings. The fourth-order valence-electron chi connectivity index (χ4n) is 5.25. The fraction of sp³-hybridized carbons (Fsp3) is 0.700. The number of hydrogen-bond acceptors (Lipinski definition) is 8. The quantitative estimate of drug-likeness (QED) is 0.190. The van der Waals surface area contributed by atoms with Crippen LogP contribution in [0, 0.1) is 11.8 Å². The predicted octanol–water partition coefficient (Wildman–Crippen LogP) is 3.81. The van der Waals surface area contributed by atoms with Crippen molar-refractivity contribution in [3.63, 3.8) is 0 Å². The molecular formula is C30H45NO8. The minimum atomic E-state index is -0.632. The summed E-state index contributed by atoms with van der Waals surface area (Å²) in [5, 5.41) is 3.08. The molecular weight excluding hydrogens is 502 g/mol. The van der Waals surface area contributed by atoms with Gasteiger partial charge in [-0.3, -0.25) is 14.4 Å². The molecule has 0 aliphatic carbocycles. The van der Waals surface area contributed by atoms with Crippen molar-refractivity contribution in [3.05, 3.63) is 36.0 Å². The second-order valence-electron chi connectivity index (χ2n) is 11.4. The van der Waals surface area contributed by atoms with Crippen molar-refractivity contribution in [1.29, 1.82) is 0 Å². The minimum Gasteiger partial charge on any atom is -0.469 e. The topological polar surface area (TPSA) is 113 Å². The van der Waals surface area contributed by atoms with E-state index in [1.54, 1.807) is 6.08 Å². The Bertz CT molecular complexity index is 966. The van der Waals surface area contributed by atoms with Gasteiger partial charge in [-0.1, -0.05) is 50.6 Å². The third kappa shape index (κ3) is 9.01. The maximum Gasteiger partial charge on any atom is 0.308 e. The van der Waals surface area contributed by atoms with E-state index in [-0.39, 0.29) is 42.5 Å². The number of epoxide rings is 1. The maximum absolute atomic E-state index is 12.2. The molecule has 0 radical (unpaired) electrons. The average Bonchev–Trinajstić information content (AvgIpc) is 3.63. The maximum atomic E-state index is 12.2. The number of hydrogen-bond donors (Lipinski definition) is 1. The second kappa shape index (κ2) is 13.7. The molecule has 39 heavy (non-hydrogen) atoms. The molecule has 1 spiro atoms. The summed E-state index contributed by atoms with van der Waals surface area (Å²) in [5.74, 6) is -0.247. The molecule has 3 aliphatic heterocycles. The highest BCUT2D eigenvalue weighted by Gasteiger charge is 2.60. The van der Waals surface area contributed by atoms with Crippen LogP contribution in [0.5, 0.6) is 0 Å². The van der Waals surface area contributed by atoms with Crippen LogP contribution in [0.15, 0.2) is 36.0 Å². The van der Waals surface area contributed by atoms with Crippen LogP contribution >= 0.6 is 0 Å². The van der Waals surface area contributed by atoms with Crippen LogP contribution in [0.1, 0.15) is 67.2 Å². The summed E-state index contributed by atoms with van der Waals surface area (Å²) in [6.07, 6.45) is 9.99. The smallest absolute Gasteiger partial charge is 0.308 e. The highest BCUT2D eigenvalue weighted by atomic mass is 16.7. The predicted molar refractivity (Wildman–Crippen MR) is 146 cm³/mol. The zero-order valence-corrected chi connectivity index (χ0v) is 24.3. The number of rotatable bonds is 10. The summed E-state index contributed by atoms with van der Waals surface area (Å²) in [5.41, 5.74) is 0.381. The van der Waals surface area contributed by atoms with Crippen molar-refractivity contribution in [1.82, 2.24) is 5.32 Å². The van der Waals surface area contributed by atoms with Gasteiger partial charge in [0.1, 0.15) is 11.7 Å². The molecule has 0 bridgehead atoms. The van der Waals surface area contributed by atoms with Gasteiger partial charge in [0.05, 0.1) is 44.5 Å². The lowest BCUT2D eigenvalue weighted by Gasteiger charge is -2.39. The monoisotopic (exact) mass is 547 g/mol. The molecule has 1 amide bonds. The Labute approximate surface area is 232 Å². The van der Waals surface area contributed by atoms with Crippen molar-refractivity contribution in [2.24, 2.45) is 11.8 Å². The third-order valence-corrected chi connectivity index (χ3v) is 7.57. The molecule has 9 heteroatoms. The number of esters is 2. The normalized spacial score (nSPS) is 35.0. The number of nitrogens with one attached hydrogen (secondary N) is 1. The van der Waals surface area contributed by atoms with Crippen LogP contribution in [-0.2, 0) is 38.1 Å². The molecule has 3 saturated heterocycles. The van der Waals surface area contributed by atoms with E-state index in [1.165, 1.54) is 14.0 Å². The van der Waals surface area contributed by atoms with E-state index in [0.717, 1.165) is 18.4 Å². The zero-order chi connectivity index (χ0) is 28.7. The summed E-state index contributed by atoms with van der Waals surface area (Å²) in [7, 11) is 1.35. The van der Waals surface area contributed by atoms with Gasteiger partial charge in [0.15, 0.2) is 6.10 Å². The van der Waals surface area contributed by atoms with Crippen molar-refractivity contribution >= 4 is 17.8 Å². The van der Waals surface area contributed by atoms with Crippen LogP contribution in [-0.4, -0.2) is 73.7 Å². The van der Waals surface area contributed by atoms with Gasteiger partial charge in [-0.15, -0.1) is 0 Å². The minimum absolute atomic E-state index is 0.0258. The molecule has 1 N–H and O–H groups in total. The first-order valence-electron chi connectivity index (χ1n) is 13.9. The molecule has 8 atom stereocenters. The SMILES string of the molecule is COC(=O)C[C@@H]1C[C@@]2(CO2)[C@H](OC(C)=O)[C@@H](/C=C/C(C)=C/C[C@@H]2O[C@H](C)[C@H](NC(=O)/C=C\C(C)C)C[C@@H]2C)O1. The van der Waals surface area contributed by atoms with Crippen molar-refractivity contribution < 1.29 is 38.1 Å². The largest absolute Gasteiger partial charge is 0.469 e. The first-order valence-corrected chi connectivity index (χ1v) is 13.9. The molecule has 9 nitrogen and oxygen atoms in total. The molecule has 0 saturated carbocycles. The summed E-state index contributed by atoms with van der Waals surface area (Å²) < 4.78 is 28.6. The Morgan fingerprint density at radius 2 is 1.85 bits per heavy atom. The first-order chi connectivity index (χ1) is 18.4. The van der Waals surface area contributed by atoms with Gasteiger partial charge in [0.25, 0.3) is 0 Å². The summed E-state index contributed by atoms with van der Waals surface area (Å²) in [6.45, 7) is 12.0. The summed E-state index contributed by atoms with van der Waals surface area (Å²) >= 11 is 0. The second-order valence-corrected chi connectivity index (χ2v) is 11.4. The van der Waals surface area contributed by atoms with E-state index in [4.69, 9.17) is 23.7 Å². The van der Waals surface area contributed by atoms with Gasteiger partial charge in [0, 0.05) is 13.3 Å². The standard InChI is InChI=1S/C30H45NO8/c1-18(2)8-13-27(33)31-24-14-20(4)25(37-21(24)5)11-9-19(3)10-12-26-29(38-22(6)32)30(17-36-30)16-23(39-26)15-28(34)35-7/h8-10,12-13,18,20-21,23-26,29H,11,14-17H2,1-7H3,(H,31,33)/b12-10+,13-8-,19-9+/t20-,21+,23+,24+,25-,26+,29+,30+/m0/s1. The fourth-order valence-corrected chi connectivity index (χ4v) is 5.25. The van der Waals surface area contributed by atoms with E-state index >= 15 is 0 Å². The number of carbonyl (C=O) groups excluding carboxylic acids is 3. The molecule has 218 valence electrons. The van der Waals surface area contributed by atoms with Crippen molar-refractivity contribution in [2.75, 3.05) is 13.7 Å². The molecule has 3 rings (SSSR count). The Hall–Kier alpha value is -2.49. The lowest BCUT2D eigenvalue weighted by atomic mass is 9.87. The number of ether oxygens (including phenoxy) is 5. The lowest BCUT2D eigenvalue weighted by molar-refractivity contribution is -0.181. The number of methoxy groups -OCH3 is 1. The Morgan fingerprint density at radius 1 is 1.13 bits per heavy atom. The van der Waals surface area contributed by atoms with Gasteiger partial charge >= 0.3 is 11.9 Å². The molecule has 0 unspecified atom stereocenters. The van der Waals surface area contributed by atoms with Gasteiger partial charge in [0.2, 0.25) is 5.91 Å². The molecule has 0 aromatic carbocycles. The van der Waals surface area contributed by atoms with Gasteiger partial charge in [-0.05, 0) is 44.6 Å². The number of amides is 1. The molecule has 3 fully saturated rings. The van der Waals surface area contributed by atoms with E-state index in [2.05, 4.69) is 18.3 Å². The third-order valence-electron chi connectivity index (χ3n) is 7.57. The van der Waals surface area contributed by atoms with E-state index in [9.17, 15) is 14.4 Å². The van der Waals surface area contributed by atoms with Crippen molar-refractivity contribution in [2.45, 2.75) is 109 Å². The zero-order valence-electron chi connectivity index (χ0n) is 24.3. The van der Waals surface area contributed by atoms with Gasteiger partial charge in [-0.25, -0.2) is 0 Å². The van der Waals surface area contributed by atoms with E-state index in [1.807, 2.05) is 45.9 Å². The van der Waals surface area contributed by atoms with Gasteiger partial charge < -0.3 is 29.0 Å². The average molecular weight is 548 g/mol. The van der Waals surface area contributed by atoms with Crippen LogP contribution in [0.4, 0.5) is 0 Å². The number of allylic oxidation sites excluding steroid dienone is 3. The summed E-state index contributed by atoms with van der Waals surface area (Å²) in [4.78, 5) is 35.9. The van der Waals surface area contributed by atoms with Crippen LogP contribution in [0.25, 0.3) is 0 Å². The number of carbonyl (C=O) groups is 3. The van der Waals surface area contributed by atoms with Crippen LogP contribution in [0.3, 0.4) is 0 Å². The Morgan fingerprint density at radius 3 is 2.46 bits per heavy atom. The Kier molecular flexibility index (Phi) is 10.9. The molecule has 0 aromatic heterocycles. The first kappa shape index (κ1) is 31.0. The van der Waals surface area contributed by atoms with Crippen LogP contribution < -0.4 is 5.32 Å². The Balaban J connectivity index is 1.60. The van der Waals surface area contributed by atoms with Crippen LogP contribution in [0.2, 0.25) is 0 Å². The van der Waals surface area contributed by atoms with E-state index < -0.39 is 29.9 Å². The lowest BCUT2D eigenvalue weighted by Crippen LogP contribution is -2.52. The van der Waals surface area contributed by atoms with Crippen molar-refractivity contribution in [3.8, 4) is 0 Å². The van der Waals surface area contributed by atoms with E-state index in [0.29, 0.717) is 18.9 Å². The highest BCUT2D eigenvalue weighted by Crippen LogP contribution is 2.45. The molecule has 3 heterocycles.